The maximum Gasteiger partial charge on any atom is 0.321 e. The minimum Gasteiger partial charge on any atom is -0.333 e. The molecular weight excluding hydrogens is 432 g/mol. The monoisotopic (exact) mass is 458 g/mol. The summed E-state index contributed by atoms with van der Waals surface area (Å²) in [6.07, 6.45) is 0. The van der Waals surface area contributed by atoms with Crippen molar-refractivity contribution in [1.29, 1.82) is 0 Å². The van der Waals surface area contributed by atoms with Crippen LogP contribution in [0.4, 0.5) is 4.79 Å². The number of hydrogen-bond donors (Lipinski definition) is 2. The number of aryl methyl sites for hydroxylation is 2. The van der Waals surface area contributed by atoms with E-state index in [0.29, 0.717) is 15.4 Å². The molecule has 1 aromatic carbocycles. The average molecular weight is 459 g/mol. The lowest BCUT2D eigenvalue weighted by Crippen LogP contribution is -2.48. The van der Waals surface area contributed by atoms with E-state index in [1.54, 1.807) is 7.05 Å². The van der Waals surface area contributed by atoms with E-state index in [4.69, 9.17) is 0 Å². The third kappa shape index (κ3) is 5.34. The molecule has 2 N–H and O–H groups in total. The van der Waals surface area contributed by atoms with Gasteiger partial charge in [0.1, 0.15) is 4.83 Å². The van der Waals surface area contributed by atoms with Crippen LogP contribution in [0.3, 0.4) is 0 Å². The van der Waals surface area contributed by atoms with Gasteiger partial charge in [-0.1, -0.05) is 30.0 Å². The molecule has 2 heterocycles. The lowest BCUT2D eigenvalue weighted by molar-refractivity contribution is -0.117. The number of imide groups is 1. The number of nitrogens with zero attached hydrogens (tertiary/aromatic N) is 2. The first-order valence-electron chi connectivity index (χ1n) is 9.77. The van der Waals surface area contributed by atoms with Crippen molar-refractivity contribution in [1.82, 2.24) is 20.2 Å². The van der Waals surface area contributed by atoms with E-state index in [2.05, 4.69) is 28.6 Å². The van der Waals surface area contributed by atoms with Gasteiger partial charge in [0.2, 0.25) is 5.91 Å². The van der Waals surface area contributed by atoms with Crippen LogP contribution in [0.1, 0.15) is 31.9 Å². The molecule has 0 unspecified atom stereocenters. The zero-order valence-electron chi connectivity index (χ0n) is 18.5. The summed E-state index contributed by atoms with van der Waals surface area (Å²) in [6.45, 7) is 9.58. The number of benzene rings is 1. The fourth-order valence-electron chi connectivity index (χ4n) is 2.97. The van der Waals surface area contributed by atoms with Gasteiger partial charge in [0, 0.05) is 23.5 Å². The maximum absolute atomic E-state index is 13.1. The van der Waals surface area contributed by atoms with E-state index >= 15 is 0 Å². The zero-order chi connectivity index (χ0) is 22.9. The molecule has 0 saturated heterocycles. The molecule has 0 bridgehead atoms. The van der Waals surface area contributed by atoms with Gasteiger partial charge in [-0.2, -0.15) is 0 Å². The molecule has 0 saturated carbocycles. The Labute approximate surface area is 189 Å². The number of hydrogen-bond acceptors (Lipinski definition) is 6. The van der Waals surface area contributed by atoms with Gasteiger partial charge < -0.3 is 5.32 Å². The van der Waals surface area contributed by atoms with Crippen LogP contribution in [0.5, 0.6) is 0 Å². The number of rotatable bonds is 4. The van der Waals surface area contributed by atoms with Gasteiger partial charge in [-0.25, -0.2) is 9.78 Å². The lowest BCUT2D eigenvalue weighted by atomic mass is 10.0. The van der Waals surface area contributed by atoms with E-state index in [9.17, 15) is 14.4 Å². The van der Waals surface area contributed by atoms with Crippen LogP contribution < -0.4 is 16.2 Å². The predicted octanol–water partition coefficient (Wildman–Crippen LogP) is 4.00. The van der Waals surface area contributed by atoms with Crippen LogP contribution in [0, 0.1) is 13.8 Å². The Kier molecular flexibility index (Phi) is 6.56. The molecule has 2 aromatic heterocycles. The highest BCUT2D eigenvalue weighted by molar-refractivity contribution is 7.99. The molecule has 164 valence electrons. The van der Waals surface area contributed by atoms with Crippen LogP contribution in [-0.4, -0.2) is 32.8 Å². The van der Waals surface area contributed by atoms with Gasteiger partial charge in [0.25, 0.3) is 5.56 Å². The first-order valence-corrected chi connectivity index (χ1v) is 11.6. The number of fused-ring (bicyclic) bond motifs is 1. The number of carbonyl (C=O) groups is 2. The lowest BCUT2D eigenvalue weighted by Gasteiger charge is -2.20. The Morgan fingerprint density at radius 2 is 1.90 bits per heavy atom. The second kappa shape index (κ2) is 8.84. The number of thioether (sulfide) groups is 1. The zero-order valence-corrected chi connectivity index (χ0v) is 20.1. The van der Waals surface area contributed by atoms with Gasteiger partial charge in [-0.15, -0.1) is 11.3 Å². The summed E-state index contributed by atoms with van der Waals surface area (Å²) in [7, 11) is 1.64. The second-order valence-electron chi connectivity index (χ2n) is 8.43. The number of thiophene rings is 1. The van der Waals surface area contributed by atoms with Crippen molar-refractivity contribution in [2.45, 2.75) is 45.3 Å². The number of urea groups is 1. The van der Waals surface area contributed by atoms with E-state index in [1.165, 1.54) is 21.5 Å². The van der Waals surface area contributed by atoms with E-state index in [0.717, 1.165) is 28.5 Å². The molecule has 0 fully saturated rings. The summed E-state index contributed by atoms with van der Waals surface area (Å²) >= 11 is 2.52. The Balaban J connectivity index is 1.82. The van der Waals surface area contributed by atoms with Crippen LogP contribution in [-0.2, 0) is 11.8 Å². The molecule has 3 rings (SSSR count). The molecule has 0 aliphatic rings. The normalized spacial score (nSPS) is 11.5. The van der Waals surface area contributed by atoms with E-state index in [1.807, 2.05) is 45.2 Å². The number of aromatic nitrogens is 2. The smallest absolute Gasteiger partial charge is 0.321 e. The molecular formula is C22H26N4O3S2. The average Bonchev–Trinajstić information content (AvgIpc) is 3.08. The third-order valence-corrected chi connectivity index (χ3v) is 6.57. The van der Waals surface area contributed by atoms with E-state index < -0.39 is 17.5 Å². The van der Waals surface area contributed by atoms with Crippen molar-refractivity contribution in [2.24, 2.45) is 7.05 Å². The minimum absolute atomic E-state index is 0.0290. The van der Waals surface area contributed by atoms with Crippen molar-refractivity contribution in [3.05, 3.63) is 45.1 Å². The van der Waals surface area contributed by atoms with Gasteiger partial charge in [-0.3, -0.25) is 19.5 Å². The van der Waals surface area contributed by atoms with Crippen LogP contribution in [0.15, 0.2) is 33.5 Å². The van der Waals surface area contributed by atoms with Crippen molar-refractivity contribution in [3.63, 3.8) is 0 Å². The SMILES string of the molecule is Cc1ccc(-c2csc3nc(SCC(=O)NC(=O)NC(C)(C)C)n(C)c(=O)c23)cc1C. The summed E-state index contributed by atoms with van der Waals surface area (Å²) in [6, 6.07) is 5.59. The van der Waals surface area contributed by atoms with Crippen molar-refractivity contribution >= 4 is 45.3 Å². The highest BCUT2D eigenvalue weighted by atomic mass is 32.2. The largest absolute Gasteiger partial charge is 0.333 e. The van der Waals surface area contributed by atoms with Crippen LogP contribution in [0.2, 0.25) is 0 Å². The van der Waals surface area contributed by atoms with Gasteiger partial charge in [0.15, 0.2) is 5.16 Å². The molecule has 3 amide bonds. The fraction of sp³-hybridized carbons (Fsp3) is 0.364. The summed E-state index contributed by atoms with van der Waals surface area (Å²) in [4.78, 5) is 42.3. The van der Waals surface area contributed by atoms with Gasteiger partial charge >= 0.3 is 6.03 Å². The van der Waals surface area contributed by atoms with Gasteiger partial charge in [0.05, 0.1) is 11.1 Å². The topological polar surface area (TPSA) is 93.1 Å². The number of carbonyl (C=O) groups excluding carboxylic acids is 2. The molecule has 3 aromatic rings. The predicted molar refractivity (Wildman–Crippen MR) is 127 cm³/mol. The Morgan fingerprint density at radius 3 is 2.55 bits per heavy atom. The van der Waals surface area contributed by atoms with Crippen LogP contribution >= 0.6 is 23.1 Å². The molecule has 0 radical (unpaired) electrons. The molecule has 31 heavy (non-hydrogen) atoms. The Morgan fingerprint density at radius 1 is 1.19 bits per heavy atom. The standard InChI is InChI=1S/C22H26N4O3S2/c1-12-7-8-14(9-13(12)2)15-10-30-18-17(15)19(28)26(6)21(24-18)31-11-16(27)23-20(29)25-22(3,4)5/h7-10H,11H2,1-6H3,(H2,23,25,27,29). The highest BCUT2D eigenvalue weighted by Gasteiger charge is 2.19. The van der Waals surface area contributed by atoms with E-state index in [-0.39, 0.29) is 11.3 Å². The second-order valence-corrected chi connectivity index (χ2v) is 10.2. The molecule has 9 heteroatoms. The van der Waals surface area contributed by atoms with Crippen molar-refractivity contribution in [3.8, 4) is 11.1 Å². The molecule has 7 nitrogen and oxygen atoms in total. The summed E-state index contributed by atoms with van der Waals surface area (Å²) in [5.74, 6) is -0.484. The first-order chi connectivity index (χ1) is 14.5. The van der Waals surface area contributed by atoms with Crippen molar-refractivity contribution in [2.75, 3.05) is 5.75 Å². The van der Waals surface area contributed by atoms with Crippen LogP contribution in [0.25, 0.3) is 21.3 Å². The molecule has 0 spiro atoms. The maximum atomic E-state index is 13.1. The molecule has 0 aliphatic heterocycles. The Hall–Kier alpha value is -2.65. The summed E-state index contributed by atoms with van der Waals surface area (Å²) in [5.41, 5.74) is 3.61. The Bertz CT molecular complexity index is 1220. The summed E-state index contributed by atoms with van der Waals surface area (Å²) in [5, 5.41) is 7.91. The third-order valence-electron chi connectivity index (χ3n) is 4.67. The summed E-state index contributed by atoms with van der Waals surface area (Å²) < 4.78 is 1.45. The highest BCUT2D eigenvalue weighted by Crippen LogP contribution is 2.32. The quantitative estimate of drug-likeness (QED) is 0.455. The fourth-order valence-corrected chi connectivity index (χ4v) is 4.73. The first kappa shape index (κ1) is 23.0. The molecule has 0 aliphatic carbocycles. The minimum atomic E-state index is -0.549. The van der Waals surface area contributed by atoms with Gasteiger partial charge in [-0.05, 0) is 51.3 Å². The molecule has 0 atom stereocenters. The number of amides is 3. The number of nitrogens with one attached hydrogen (secondary N) is 2. The van der Waals surface area contributed by atoms with Crippen molar-refractivity contribution < 1.29 is 9.59 Å².